The van der Waals surface area contributed by atoms with Gasteiger partial charge in [-0.05, 0) is 5.56 Å². The second-order valence-corrected chi connectivity index (χ2v) is 4.67. The number of hydrogen-bond acceptors (Lipinski definition) is 4. The number of carbonyl (C=O) groups is 1. The quantitative estimate of drug-likeness (QED) is 0.821. The topological polar surface area (TPSA) is 73.6 Å². The predicted molar refractivity (Wildman–Crippen MR) is 68.0 cm³/mol. The van der Waals surface area contributed by atoms with Gasteiger partial charge in [0.25, 0.3) is 0 Å². The highest BCUT2D eigenvalue weighted by Crippen LogP contribution is 2.21. The molecule has 5 nitrogen and oxygen atoms in total. The molecule has 1 amide bonds. The summed E-state index contributed by atoms with van der Waals surface area (Å²) in [5, 5.41) is 18.5. The van der Waals surface area contributed by atoms with E-state index in [0.29, 0.717) is 13.1 Å². The van der Waals surface area contributed by atoms with Gasteiger partial charge < -0.3 is 14.7 Å². The number of carbonyl (C=O) groups excluding carboxylic acids is 1. The lowest BCUT2D eigenvalue weighted by Gasteiger charge is -2.33. The van der Waals surface area contributed by atoms with Crippen molar-refractivity contribution in [1.82, 2.24) is 4.90 Å². The molecule has 5 heteroatoms. The van der Waals surface area contributed by atoms with Crippen LogP contribution in [0.4, 0.5) is 4.79 Å². The molecule has 1 aliphatic heterocycles. The molecule has 0 bridgehead atoms. The monoisotopic (exact) mass is 260 g/mol. The van der Waals surface area contributed by atoms with Crippen LogP contribution in [0.3, 0.4) is 0 Å². The average molecular weight is 260 g/mol. The predicted octanol–water partition coefficient (Wildman–Crippen LogP) is 1.67. The Morgan fingerprint density at radius 1 is 1.37 bits per heavy atom. The third-order valence-electron chi connectivity index (χ3n) is 3.26. The highest BCUT2D eigenvalue weighted by molar-refractivity contribution is 5.67. The second-order valence-electron chi connectivity index (χ2n) is 4.67. The van der Waals surface area contributed by atoms with E-state index in [1.165, 1.54) is 4.90 Å². The van der Waals surface area contributed by atoms with E-state index in [4.69, 9.17) is 10.00 Å². The molecule has 0 spiro atoms. The van der Waals surface area contributed by atoms with Crippen molar-refractivity contribution in [3.63, 3.8) is 0 Å². The molecular weight excluding hydrogens is 244 g/mol. The maximum absolute atomic E-state index is 11.8. The van der Waals surface area contributed by atoms with Crippen LogP contribution in [0, 0.1) is 11.3 Å². The van der Waals surface area contributed by atoms with Crippen molar-refractivity contribution in [3.8, 4) is 6.07 Å². The van der Waals surface area contributed by atoms with Crippen LogP contribution >= 0.6 is 0 Å². The Morgan fingerprint density at radius 3 is 2.58 bits per heavy atom. The van der Waals surface area contributed by atoms with Crippen LogP contribution < -0.4 is 0 Å². The van der Waals surface area contributed by atoms with Gasteiger partial charge in [0, 0.05) is 25.9 Å². The smallest absolute Gasteiger partial charge is 0.410 e. The van der Waals surface area contributed by atoms with Gasteiger partial charge in [0.2, 0.25) is 0 Å². The van der Waals surface area contributed by atoms with Gasteiger partial charge in [-0.25, -0.2) is 4.79 Å². The average Bonchev–Trinajstić information content (AvgIpc) is 2.47. The first-order chi connectivity index (χ1) is 9.13. The van der Waals surface area contributed by atoms with Crippen LogP contribution in [0.5, 0.6) is 0 Å². The minimum Gasteiger partial charge on any atom is -0.445 e. The number of piperidine rings is 1. The number of nitrogens with zero attached hydrogens (tertiary/aromatic N) is 2. The maximum Gasteiger partial charge on any atom is 0.410 e. The Bertz CT molecular complexity index is 473. The maximum atomic E-state index is 11.8. The van der Waals surface area contributed by atoms with E-state index in [1.807, 2.05) is 36.4 Å². The van der Waals surface area contributed by atoms with Crippen molar-refractivity contribution in [1.29, 1.82) is 5.26 Å². The minimum absolute atomic E-state index is 0.235. The first-order valence-electron chi connectivity index (χ1n) is 6.22. The van der Waals surface area contributed by atoms with Crippen LogP contribution in [0.25, 0.3) is 0 Å². The Hall–Kier alpha value is -2.06. The Kier molecular flexibility index (Phi) is 4.03. The normalized spacial score (nSPS) is 17.6. The zero-order valence-corrected chi connectivity index (χ0v) is 10.6. The zero-order valence-electron chi connectivity index (χ0n) is 10.6. The molecule has 100 valence electrons. The molecule has 1 heterocycles. The molecule has 0 aliphatic carbocycles. The molecule has 0 unspecified atom stereocenters. The van der Waals surface area contributed by atoms with Gasteiger partial charge in [0.05, 0.1) is 6.07 Å². The largest absolute Gasteiger partial charge is 0.445 e. The third kappa shape index (κ3) is 3.46. The highest BCUT2D eigenvalue weighted by atomic mass is 16.6. The van der Waals surface area contributed by atoms with E-state index in [1.54, 1.807) is 0 Å². The number of benzene rings is 1. The Balaban J connectivity index is 1.81. The van der Waals surface area contributed by atoms with Crippen molar-refractivity contribution in [3.05, 3.63) is 35.9 Å². The lowest BCUT2D eigenvalue weighted by Crippen LogP contribution is -2.46. The van der Waals surface area contributed by atoms with E-state index in [0.717, 1.165) is 5.56 Å². The summed E-state index contributed by atoms with van der Waals surface area (Å²) in [6.45, 7) is 0.925. The molecule has 0 saturated carbocycles. The lowest BCUT2D eigenvalue weighted by molar-refractivity contribution is 0.0189. The Morgan fingerprint density at radius 2 is 2.00 bits per heavy atom. The summed E-state index contributed by atoms with van der Waals surface area (Å²) in [6.07, 6.45) is 0.136. The summed E-state index contributed by atoms with van der Waals surface area (Å²) >= 11 is 0. The molecule has 19 heavy (non-hydrogen) atoms. The molecule has 1 fully saturated rings. The summed E-state index contributed by atoms with van der Waals surface area (Å²) in [6, 6.07) is 11.3. The van der Waals surface area contributed by atoms with Gasteiger partial charge in [-0.3, -0.25) is 0 Å². The number of nitriles is 1. The van der Waals surface area contributed by atoms with Gasteiger partial charge in [0.1, 0.15) is 6.61 Å². The second kappa shape index (κ2) is 5.72. The molecule has 1 saturated heterocycles. The molecule has 1 aromatic carbocycles. The van der Waals surface area contributed by atoms with Crippen LogP contribution in [0.15, 0.2) is 30.3 Å². The van der Waals surface area contributed by atoms with Gasteiger partial charge in [-0.2, -0.15) is 5.26 Å². The molecule has 1 aromatic rings. The fraction of sp³-hybridized carbons (Fsp3) is 0.429. The molecule has 0 aromatic heterocycles. The van der Waals surface area contributed by atoms with Gasteiger partial charge >= 0.3 is 6.09 Å². The third-order valence-corrected chi connectivity index (χ3v) is 3.26. The van der Waals surface area contributed by atoms with E-state index < -0.39 is 11.7 Å². The van der Waals surface area contributed by atoms with Crippen molar-refractivity contribution in [2.75, 3.05) is 13.1 Å². The first-order valence-corrected chi connectivity index (χ1v) is 6.22. The summed E-state index contributed by atoms with van der Waals surface area (Å²) in [5.41, 5.74) is -0.364. The lowest BCUT2D eigenvalue weighted by atomic mass is 9.93. The van der Waals surface area contributed by atoms with E-state index in [9.17, 15) is 9.90 Å². The molecule has 2 rings (SSSR count). The summed E-state index contributed by atoms with van der Waals surface area (Å²) in [4.78, 5) is 13.3. The van der Waals surface area contributed by atoms with E-state index in [2.05, 4.69) is 0 Å². The number of ether oxygens (including phenoxy) is 1. The van der Waals surface area contributed by atoms with E-state index in [-0.39, 0.29) is 19.4 Å². The summed E-state index contributed by atoms with van der Waals surface area (Å²) in [7, 11) is 0. The number of hydrogen-bond donors (Lipinski definition) is 1. The minimum atomic E-state index is -1.30. The van der Waals surface area contributed by atoms with Crippen molar-refractivity contribution in [2.24, 2.45) is 0 Å². The van der Waals surface area contributed by atoms with Crippen molar-refractivity contribution in [2.45, 2.75) is 25.0 Å². The number of aliphatic hydroxyl groups is 1. The van der Waals surface area contributed by atoms with Crippen LogP contribution in [0.1, 0.15) is 18.4 Å². The zero-order chi connectivity index (χ0) is 13.7. The molecule has 0 atom stereocenters. The molecule has 0 radical (unpaired) electrons. The summed E-state index contributed by atoms with van der Waals surface area (Å²) < 4.78 is 5.19. The molecule has 1 N–H and O–H groups in total. The number of likely N-dealkylation sites (tertiary alicyclic amines) is 1. The highest BCUT2D eigenvalue weighted by Gasteiger charge is 2.34. The fourth-order valence-electron chi connectivity index (χ4n) is 1.98. The number of amides is 1. The van der Waals surface area contributed by atoms with Gasteiger partial charge in [-0.1, -0.05) is 30.3 Å². The molecular formula is C14H16N2O3. The van der Waals surface area contributed by atoms with Crippen molar-refractivity contribution < 1.29 is 14.6 Å². The van der Waals surface area contributed by atoms with Crippen LogP contribution in [-0.4, -0.2) is 34.8 Å². The first kappa shape index (κ1) is 13.4. The van der Waals surface area contributed by atoms with Crippen LogP contribution in [0.2, 0.25) is 0 Å². The SMILES string of the molecule is N#CC1(O)CCN(C(=O)OCc2ccccc2)CC1. The Labute approximate surface area is 112 Å². The standard InChI is InChI=1S/C14H16N2O3/c15-11-14(18)6-8-16(9-7-14)13(17)19-10-12-4-2-1-3-5-12/h1-5,18H,6-10H2. The van der Waals surface area contributed by atoms with E-state index >= 15 is 0 Å². The van der Waals surface area contributed by atoms with Crippen molar-refractivity contribution >= 4 is 6.09 Å². The number of rotatable bonds is 2. The van der Waals surface area contributed by atoms with Crippen LogP contribution in [-0.2, 0) is 11.3 Å². The van der Waals surface area contributed by atoms with Gasteiger partial charge in [-0.15, -0.1) is 0 Å². The molecule has 1 aliphatic rings. The van der Waals surface area contributed by atoms with Gasteiger partial charge in [0.15, 0.2) is 5.60 Å². The summed E-state index contributed by atoms with van der Waals surface area (Å²) in [5.74, 6) is 0. The fourth-order valence-corrected chi connectivity index (χ4v) is 1.98.